The van der Waals surface area contributed by atoms with Crippen LogP contribution in [0.1, 0.15) is 62.6 Å². The smallest absolute Gasteiger partial charge is 0.116 e. The molecular weight excluding hydrogens is 232 g/mol. The highest BCUT2D eigenvalue weighted by Gasteiger charge is 1.98. The van der Waals surface area contributed by atoms with E-state index in [1.165, 1.54) is 5.39 Å². The minimum absolute atomic E-state index is 0. The predicted molar refractivity (Wildman–Crippen MR) is 91.8 cm³/mol. The maximum absolute atomic E-state index is 4.21. The second-order valence-corrected chi connectivity index (χ2v) is 2.69. The van der Waals surface area contributed by atoms with E-state index in [4.69, 9.17) is 0 Å². The van der Waals surface area contributed by atoms with E-state index < -0.39 is 0 Å². The van der Waals surface area contributed by atoms with Crippen LogP contribution >= 0.6 is 0 Å². The Bertz CT molecular complexity index is 392. The highest BCUT2D eigenvalue weighted by atomic mass is 14.8. The van der Waals surface area contributed by atoms with E-state index in [0.29, 0.717) is 0 Å². The zero-order chi connectivity index (χ0) is 12.4. The number of hydrogen-bond donors (Lipinski definition) is 0. The summed E-state index contributed by atoms with van der Waals surface area (Å²) >= 11 is 0. The fourth-order valence-electron chi connectivity index (χ4n) is 1.34. The number of nitrogens with zero attached hydrogens (tertiary/aromatic N) is 2. The predicted octanol–water partition coefficient (Wildman–Crippen LogP) is 6.15. The molecule has 1 heterocycles. The Morgan fingerprint density at radius 2 is 1.37 bits per heavy atom. The fourth-order valence-corrected chi connectivity index (χ4v) is 1.34. The van der Waals surface area contributed by atoms with Crippen molar-refractivity contribution in [2.45, 2.75) is 63.3 Å². The van der Waals surface area contributed by atoms with Crippen LogP contribution in [0.2, 0.25) is 0 Å². The van der Waals surface area contributed by atoms with Gasteiger partial charge in [-0.2, -0.15) is 0 Å². The Balaban J connectivity index is -0.000000148. The minimum atomic E-state index is 0. The van der Waals surface area contributed by atoms with Crippen molar-refractivity contribution >= 4 is 10.9 Å². The number of para-hydroxylation sites is 1. The van der Waals surface area contributed by atoms with E-state index in [0.717, 1.165) is 17.6 Å². The van der Waals surface area contributed by atoms with Crippen LogP contribution in [0, 0.1) is 0 Å². The first kappa shape index (κ1) is 26.2. The third-order valence-electron chi connectivity index (χ3n) is 1.96. The maximum Gasteiger partial charge on any atom is 0.116 e. The molecule has 2 rings (SSSR count). The molecule has 0 aliphatic carbocycles. The van der Waals surface area contributed by atoms with Gasteiger partial charge in [0.25, 0.3) is 0 Å². The number of aromatic nitrogens is 2. The van der Waals surface area contributed by atoms with E-state index in [-0.39, 0.29) is 22.3 Å². The molecule has 1 aromatic carbocycles. The summed E-state index contributed by atoms with van der Waals surface area (Å²) in [4.78, 5) is 8.39. The Kier molecular flexibility index (Phi) is 22.8. The molecule has 112 valence electrons. The first-order valence-corrected chi connectivity index (χ1v) is 6.10. The lowest BCUT2D eigenvalue weighted by Crippen LogP contribution is -1.90. The van der Waals surface area contributed by atoms with Crippen LogP contribution in [-0.2, 0) is 6.42 Å². The number of rotatable bonds is 1. The maximum atomic E-state index is 4.21. The van der Waals surface area contributed by atoms with Crippen molar-refractivity contribution in [1.82, 2.24) is 9.97 Å². The Hall–Kier alpha value is -1.44. The zero-order valence-corrected chi connectivity index (χ0v) is 11.0. The lowest BCUT2D eigenvalue weighted by atomic mass is 10.1. The first-order chi connectivity index (χ1) is 7.92. The molecular formula is C17H34N2. The van der Waals surface area contributed by atoms with Gasteiger partial charge in [-0.15, -0.1) is 0 Å². The Labute approximate surface area is 121 Å². The molecule has 0 fully saturated rings. The third kappa shape index (κ3) is 7.55. The number of benzene rings is 1. The summed E-state index contributed by atoms with van der Waals surface area (Å²) in [5, 5.41) is 1.17. The minimum Gasteiger partial charge on any atom is -0.241 e. The van der Waals surface area contributed by atoms with Crippen LogP contribution in [-0.4, -0.2) is 9.97 Å². The molecule has 0 amide bonds. The average molecular weight is 266 g/mol. The normalized spacial score (nSPS) is 7.21. The molecule has 2 nitrogen and oxygen atoms in total. The van der Waals surface area contributed by atoms with E-state index in [2.05, 4.69) is 23.0 Å². The second kappa shape index (κ2) is 16.6. The number of fused-ring (bicyclic) bond motifs is 1. The van der Waals surface area contributed by atoms with E-state index in [1.54, 1.807) is 6.33 Å². The standard InChI is InChI=1S/C10H10N2.2C2H6.3CH4/c1-2-9-8-5-3-4-6-10(8)12-7-11-9;2*1-2;;;/h3-7H,2H2,1H3;2*1-2H3;3*1H4. The topological polar surface area (TPSA) is 25.8 Å². The summed E-state index contributed by atoms with van der Waals surface area (Å²) in [7, 11) is 0. The number of hydrogen-bond acceptors (Lipinski definition) is 2. The Morgan fingerprint density at radius 3 is 1.89 bits per heavy atom. The molecule has 0 saturated heterocycles. The van der Waals surface area contributed by atoms with Gasteiger partial charge in [-0.05, 0) is 12.5 Å². The summed E-state index contributed by atoms with van der Waals surface area (Å²) in [6.07, 6.45) is 2.59. The van der Waals surface area contributed by atoms with Crippen molar-refractivity contribution in [1.29, 1.82) is 0 Å². The van der Waals surface area contributed by atoms with E-state index in [9.17, 15) is 0 Å². The third-order valence-corrected chi connectivity index (χ3v) is 1.96. The van der Waals surface area contributed by atoms with E-state index >= 15 is 0 Å². The van der Waals surface area contributed by atoms with Crippen molar-refractivity contribution in [3.8, 4) is 0 Å². The van der Waals surface area contributed by atoms with Gasteiger partial charge in [0.05, 0.1) is 11.2 Å². The first-order valence-electron chi connectivity index (χ1n) is 6.10. The van der Waals surface area contributed by atoms with Crippen LogP contribution in [0.4, 0.5) is 0 Å². The highest BCUT2D eigenvalue weighted by Crippen LogP contribution is 2.13. The zero-order valence-electron chi connectivity index (χ0n) is 11.0. The second-order valence-electron chi connectivity index (χ2n) is 2.69. The molecule has 0 radical (unpaired) electrons. The van der Waals surface area contributed by atoms with E-state index in [1.807, 2.05) is 45.9 Å². The van der Waals surface area contributed by atoms with Gasteiger partial charge in [0.1, 0.15) is 6.33 Å². The van der Waals surface area contributed by atoms with Gasteiger partial charge in [-0.3, -0.25) is 0 Å². The molecule has 0 N–H and O–H groups in total. The van der Waals surface area contributed by atoms with Crippen LogP contribution in [0.3, 0.4) is 0 Å². The average Bonchev–Trinajstić information content (AvgIpc) is 2.42. The molecule has 2 aromatic rings. The van der Waals surface area contributed by atoms with Crippen LogP contribution in [0.25, 0.3) is 10.9 Å². The lowest BCUT2D eigenvalue weighted by molar-refractivity contribution is 1.03. The fraction of sp³-hybridized carbons (Fsp3) is 0.529. The van der Waals surface area contributed by atoms with Crippen molar-refractivity contribution < 1.29 is 0 Å². The van der Waals surface area contributed by atoms with Gasteiger partial charge in [0.15, 0.2) is 0 Å². The van der Waals surface area contributed by atoms with Crippen LogP contribution < -0.4 is 0 Å². The molecule has 0 bridgehead atoms. The molecule has 0 unspecified atom stereocenters. The Morgan fingerprint density at radius 1 is 0.842 bits per heavy atom. The molecule has 19 heavy (non-hydrogen) atoms. The van der Waals surface area contributed by atoms with Gasteiger partial charge in [-0.25, -0.2) is 9.97 Å². The molecule has 0 aliphatic heterocycles. The monoisotopic (exact) mass is 266 g/mol. The summed E-state index contributed by atoms with van der Waals surface area (Å²) in [5.74, 6) is 0. The highest BCUT2D eigenvalue weighted by molar-refractivity contribution is 5.80. The summed E-state index contributed by atoms with van der Waals surface area (Å²) < 4.78 is 0. The molecule has 0 saturated carbocycles. The molecule has 0 spiro atoms. The molecule has 0 atom stereocenters. The quantitative estimate of drug-likeness (QED) is 0.618. The van der Waals surface area contributed by atoms with Gasteiger partial charge >= 0.3 is 0 Å². The summed E-state index contributed by atoms with van der Waals surface area (Å²) in [6.45, 7) is 10.1. The lowest BCUT2D eigenvalue weighted by Gasteiger charge is -2.00. The van der Waals surface area contributed by atoms with Crippen molar-refractivity contribution in [3.63, 3.8) is 0 Å². The molecule has 1 aromatic heterocycles. The molecule has 2 heteroatoms. The van der Waals surface area contributed by atoms with Crippen molar-refractivity contribution in [2.75, 3.05) is 0 Å². The number of aryl methyl sites for hydroxylation is 1. The largest absolute Gasteiger partial charge is 0.241 e. The van der Waals surface area contributed by atoms with Crippen LogP contribution in [0.15, 0.2) is 30.6 Å². The van der Waals surface area contributed by atoms with Crippen LogP contribution in [0.5, 0.6) is 0 Å². The molecule has 0 aliphatic rings. The SMILES string of the molecule is C.C.C.CC.CC.CCc1ncnc2ccccc12. The van der Waals surface area contributed by atoms with Gasteiger partial charge in [0.2, 0.25) is 0 Å². The van der Waals surface area contributed by atoms with Crippen molar-refractivity contribution in [3.05, 3.63) is 36.3 Å². The van der Waals surface area contributed by atoms with Crippen molar-refractivity contribution in [2.24, 2.45) is 0 Å². The summed E-state index contributed by atoms with van der Waals surface area (Å²) in [6, 6.07) is 8.09. The van der Waals surface area contributed by atoms with Gasteiger partial charge in [0, 0.05) is 5.39 Å². The summed E-state index contributed by atoms with van der Waals surface area (Å²) in [5.41, 5.74) is 2.16. The van der Waals surface area contributed by atoms with Gasteiger partial charge in [-0.1, -0.05) is 75.1 Å². The van der Waals surface area contributed by atoms with Gasteiger partial charge < -0.3 is 0 Å².